The number of imide groups is 1. The number of ether oxygens (including phenoxy) is 1. The number of nitrogens with two attached hydrogens (primary N) is 1. The van der Waals surface area contributed by atoms with Crippen LogP contribution in [0.4, 0.5) is 10.5 Å². The number of hydrogen-bond donors (Lipinski definition) is 2. The SMILES string of the molecule is COCCCN(C(C)=O)C(=O)NS(=O)(=O)c1ccc(N)c(Br)c1. The highest BCUT2D eigenvalue weighted by Gasteiger charge is 2.24. The highest BCUT2D eigenvalue weighted by Crippen LogP contribution is 2.23. The third kappa shape index (κ3) is 5.48. The van der Waals surface area contributed by atoms with Gasteiger partial charge in [-0.1, -0.05) is 0 Å². The van der Waals surface area contributed by atoms with E-state index in [0.29, 0.717) is 23.2 Å². The summed E-state index contributed by atoms with van der Waals surface area (Å²) in [5.41, 5.74) is 5.96. The Morgan fingerprint density at radius 2 is 2.04 bits per heavy atom. The molecule has 0 aliphatic rings. The average Bonchev–Trinajstić information content (AvgIpc) is 2.45. The molecule has 128 valence electrons. The number of carbonyl (C=O) groups excluding carboxylic acids is 2. The molecule has 1 aromatic carbocycles. The number of anilines is 1. The summed E-state index contributed by atoms with van der Waals surface area (Å²) < 4.78 is 31.5. The first-order valence-electron chi connectivity index (χ1n) is 6.58. The monoisotopic (exact) mass is 407 g/mol. The zero-order valence-corrected chi connectivity index (χ0v) is 15.1. The van der Waals surface area contributed by atoms with Crippen LogP contribution in [0.25, 0.3) is 0 Å². The predicted molar refractivity (Wildman–Crippen MR) is 88.2 cm³/mol. The number of nitrogen functional groups attached to an aromatic ring is 1. The van der Waals surface area contributed by atoms with Crippen molar-refractivity contribution in [2.75, 3.05) is 26.0 Å². The molecule has 0 fully saturated rings. The minimum absolute atomic E-state index is 0.0515. The van der Waals surface area contributed by atoms with Gasteiger partial charge >= 0.3 is 6.03 Å². The lowest BCUT2D eigenvalue weighted by Crippen LogP contribution is -2.45. The van der Waals surface area contributed by atoms with Crippen molar-refractivity contribution in [3.63, 3.8) is 0 Å². The maximum atomic E-state index is 12.2. The van der Waals surface area contributed by atoms with Crippen LogP contribution in [0.1, 0.15) is 13.3 Å². The van der Waals surface area contributed by atoms with E-state index in [0.717, 1.165) is 4.90 Å². The van der Waals surface area contributed by atoms with Gasteiger partial charge in [-0.15, -0.1) is 0 Å². The van der Waals surface area contributed by atoms with E-state index in [2.05, 4.69) is 15.9 Å². The summed E-state index contributed by atoms with van der Waals surface area (Å²) in [4.78, 5) is 24.2. The van der Waals surface area contributed by atoms with Crippen LogP contribution in [0.5, 0.6) is 0 Å². The van der Waals surface area contributed by atoms with Crippen LogP contribution in [0, 0.1) is 0 Å². The second kappa shape index (κ2) is 8.27. The van der Waals surface area contributed by atoms with Crippen molar-refractivity contribution in [1.29, 1.82) is 0 Å². The normalized spacial score (nSPS) is 11.1. The summed E-state index contributed by atoms with van der Waals surface area (Å²) in [5.74, 6) is -0.563. The summed E-state index contributed by atoms with van der Waals surface area (Å²) in [6, 6.07) is 2.92. The molecule has 0 atom stereocenters. The van der Waals surface area contributed by atoms with Crippen molar-refractivity contribution in [1.82, 2.24) is 9.62 Å². The zero-order chi connectivity index (χ0) is 17.6. The van der Waals surface area contributed by atoms with Gasteiger partial charge in [0.2, 0.25) is 5.91 Å². The maximum absolute atomic E-state index is 12.2. The standard InChI is InChI=1S/C13H18BrN3O5S/c1-9(18)17(6-3-7-22-2)13(19)16-23(20,21)10-4-5-12(15)11(14)8-10/h4-5,8H,3,6-7,15H2,1-2H3,(H,16,19). The number of halogens is 1. The molecule has 10 heteroatoms. The van der Waals surface area contributed by atoms with Gasteiger partial charge in [0, 0.05) is 37.3 Å². The van der Waals surface area contributed by atoms with Crippen molar-refractivity contribution in [3.05, 3.63) is 22.7 Å². The quantitative estimate of drug-likeness (QED) is 0.541. The predicted octanol–water partition coefficient (Wildman–Crippen LogP) is 1.31. The van der Waals surface area contributed by atoms with E-state index in [4.69, 9.17) is 10.5 Å². The van der Waals surface area contributed by atoms with Gasteiger partial charge in [0.1, 0.15) is 0 Å². The Morgan fingerprint density at radius 1 is 1.39 bits per heavy atom. The van der Waals surface area contributed by atoms with Gasteiger partial charge in [-0.3, -0.25) is 9.69 Å². The molecule has 0 aliphatic heterocycles. The first-order chi connectivity index (χ1) is 10.7. The van der Waals surface area contributed by atoms with Crippen LogP contribution < -0.4 is 10.5 Å². The number of amides is 3. The van der Waals surface area contributed by atoms with E-state index in [9.17, 15) is 18.0 Å². The number of carbonyl (C=O) groups is 2. The second-order valence-corrected chi connectivity index (χ2v) is 7.15. The van der Waals surface area contributed by atoms with Gasteiger partial charge in [0.15, 0.2) is 0 Å². The summed E-state index contributed by atoms with van der Waals surface area (Å²) in [5, 5.41) is 0. The molecule has 3 amide bonds. The van der Waals surface area contributed by atoms with Crippen molar-refractivity contribution in [3.8, 4) is 0 Å². The Morgan fingerprint density at radius 3 is 2.57 bits per heavy atom. The lowest BCUT2D eigenvalue weighted by molar-refractivity contribution is -0.126. The van der Waals surface area contributed by atoms with Crippen LogP contribution in [-0.2, 0) is 19.6 Å². The van der Waals surface area contributed by atoms with Crippen LogP contribution in [0.3, 0.4) is 0 Å². The molecule has 0 saturated carbocycles. The topological polar surface area (TPSA) is 119 Å². The molecule has 0 radical (unpaired) electrons. The molecule has 23 heavy (non-hydrogen) atoms. The van der Waals surface area contributed by atoms with Gasteiger partial charge in [-0.05, 0) is 40.5 Å². The first kappa shape index (κ1) is 19.4. The fraction of sp³-hybridized carbons (Fsp3) is 0.385. The van der Waals surface area contributed by atoms with E-state index < -0.39 is 22.0 Å². The summed E-state index contributed by atoms with van der Waals surface area (Å²) in [7, 11) is -2.63. The number of urea groups is 1. The Kier molecular flexibility index (Phi) is 6.98. The first-order valence-corrected chi connectivity index (χ1v) is 8.85. The Balaban J connectivity index is 2.91. The number of nitrogens with zero attached hydrogens (tertiary/aromatic N) is 1. The fourth-order valence-electron chi connectivity index (χ4n) is 1.67. The Bertz CT molecular complexity index is 693. The van der Waals surface area contributed by atoms with Crippen molar-refractivity contribution in [2.24, 2.45) is 0 Å². The number of rotatable bonds is 6. The van der Waals surface area contributed by atoms with Crippen LogP contribution in [-0.4, -0.2) is 45.5 Å². The molecular weight excluding hydrogens is 390 g/mol. The van der Waals surface area contributed by atoms with Crippen LogP contribution in [0.15, 0.2) is 27.6 Å². The van der Waals surface area contributed by atoms with Gasteiger partial charge < -0.3 is 10.5 Å². The Labute approximate surface area is 143 Å². The summed E-state index contributed by atoms with van der Waals surface area (Å²) in [6.07, 6.45) is 0.400. The molecule has 3 N–H and O–H groups in total. The van der Waals surface area contributed by atoms with E-state index in [1.165, 1.54) is 32.2 Å². The van der Waals surface area contributed by atoms with Crippen LogP contribution >= 0.6 is 15.9 Å². The molecule has 0 unspecified atom stereocenters. The van der Waals surface area contributed by atoms with Gasteiger partial charge in [-0.2, -0.15) is 0 Å². The smallest absolute Gasteiger partial charge is 0.337 e. The van der Waals surface area contributed by atoms with E-state index in [1.54, 1.807) is 0 Å². The molecule has 0 aliphatic carbocycles. The minimum Gasteiger partial charge on any atom is -0.398 e. The number of nitrogens with one attached hydrogen (secondary N) is 1. The molecule has 8 nitrogen and oxygen atoms in total. The molecule has 1 aromatic rings. The lowest BCUT2D eigenvalue weighted by Gasteiger charge is -2.19. The average molecular weight is 408 g/mol. The lowest BCUT2D eigenvalue weighted by atomic mass is 10.3. The number of sulfonamides is 1. The second-order valence-electron chi connectivity index (χ2n) is 4.61. The van der Waals surface area contributed by atoms with Crippen molar-refractivity contribution >= 4 is 43.6 Å². The molecule has 0 bridgehead atoms. The molecule has 0 saturated heterocycles. The third-order valence-corrected chi connectivity index (χ3v) is 4.86. The van der Waals surface area contributed by atoms with Gasteiger partial charge in [-0.25, -0.2) is 17.9 Å². The summed E-state index contributed by atoms with van der Waals surface area (Å²) in [6.45, 7) is 1.57. The highest BCUT2D eigenvalue weighted by atomic mass is 79.9. The van der Waals surface area contributed by atoms with Gasteiger partial charge in [0.25, 0.3) is 10.0 Å². The summed E-state index contributed by atoms with van der Waals surface area (Å²) >= 11 is 3.12. The number of methoxy groups -OCH3 is 1. The number of benzene rings is 1. The van der Waals surface area contributed by atoms with Gasteiger partial charge in [0.05, 0.1) is 4.90 Å². The van der Waals surface area contributed by atoms with Crippen molar-refractivity contribution in [2.45, 2.75) is 18.2 Å². The largest absolute Gasteiger partial charge is 0.398 e. The third-order valence-electron chi connectivity index (χ3n) is 2.86. The minimum atomic E-state index is -4.12. The molecule has 1 rings (SSSR count). The molecule has 0 aromatic heterocycles. The zero-order valence-electron chi connectivity index (χ0n) is 12.7. The van der Waals surface area contributed by atoms with E-state index >= 15 is 0 Å². The van der Waals surface area contributed by atoms with Crippen molar-refractivity contribution < 1.29 is 22.7 Å². The van der Waals surface area contributed by atoms with E-state index in [1.807, 2.05) is 4.72 Å². The maximum Gasteiger partial charge on any atom is 0.337 e. The molecule has 0 spiro atoms. The number of hydrogen-bond acceptors (Lipinski definition) is 6. The highest BCUT2D eigenvalue weighted by molar-refractivity contribution is 9.10. The van der Waals surface area contributed by atoms with E-state index in [-0.39, 0.29) is 11.4 Å². The molecule has 0 heterocycles. The Hall–Kier alpha value is -1.65. The fourth-order valence-corrected chi connectivity index (χ4v) is 3.18. The van der Waals surface area contributed by atoms with Crippen LogP contribution in [0.2, 0.25) is 0 Å². The molecular formula is C13H18BrN3O5S.